The largest absolute Gasteiger partial charge is 0.298 e. The lowest BCUT2D eigenvalue weighted by Gasteiger charge is -2.40. The van der Waals surface area contributed by atoms with Crippen LogP contribution in [0.3, 0.4) is 0 Å². The number of sulfone groups is 1. The highest BCUT2D eigenvalue weighted by Gasteiger charge is 2.39. The molecule has 2 aromatic carbocycles. The third kappa shape index (κ3) is 5.91. The minimum absolute atomic E-state index is 0.0402. The van der Waals surface area contributed by atoms with Gasteiger partial charge in [-0.2, -0.15) is 0 Å². The van der Waals surface area contributed by atoms with Gasteiger partial charge in [-0.3, -0.25) is 9.69 Å². The number of amides is 1. The summed E-state index contributed by atoms with van der Waals surface area (Å²) in [6.07, 6.45) is 7.46. The number of benzene rings is 2. The van der Waals surface area contributed by atoms with Gasteiger partial charge < -0.3 is 0 Å². The molecular formula is C25H30Cl2N2O3S. The molecule has 1 amide bonds. The molecule has 0 N–H and O–H groups in total. The Kier molecular flexibility index (Phi) is 7.69. The van der Waals surface area contributed by atoms with E-state index in [2.05, 4.69) is 17.0 Å². The number of nitrogens with zero attached hydrogens (tertiary/aromatic N) is 2. The molecule has 33 heavy (non-hydrogen) atoms. The van der Waals surface area contributed by atoms with Crippen molar-refractivity contribution in [2.45, 2.75) is 55.5 Å². The summed E-state index contributed by atoms with van der Waals surface area (Å²) in [5.41, 5.74) is 1.74. The Balaban J connectivity index is 1.35. The molecule has 0 bridgehead atoms. The zero-order valence-corrected chi connectivity index (χ0v) is 21.1. The molecule has 2 fully saturated rings. The Morgan fingerprint density at radius 2 is 1.64 bits per heavy atom. The van der Waals surface area contributed by atoms with Crippen LogP contribution in [0.5, 0.6) is 0 Å². The number of piperidine rings is 1. The second-order valence-corrected chi connectivity index (χ2v) is 12.1. The lowest BCUT2D eigenvalue weighted by atomic mass is 9.89. The summed E-state index contributed by atoms with van der Waals surface area (Å²) in [6, 6.07) is 14.4. The van der Waals surface area contributed by atoms with Gasteiger partial charge in [-0.15, -0.1) is 0 Å². The smallest absolute Gasteiger partial charge is 0.268 e. The SMILES string of the molecule is CS(=O)(=O)c1ccc(C(=O)N(Cl)[C@@H]2CCC[C@@H]2N2CCC(Cc3ccc(Cl)cc3)CC2)cc1. The molecule has 1 saturated carbocycles. The molecule has 8 heteroatoms. The molecule has 2 aliphatic rings. The second-order valence-electron chi connectivity index (χ2n) is 9.29. The van der Waals surface area contributed by atoms with Gasteiger partial charge >= 0.3 is 0 Å². The highest BCUT2D eigenvalue weighted by atomic mass is 35.5. The molecule has 2 atom stereocenters. The standard InChI is InChI=1S/C25H30Cl2N2O3S/c1-33(31,32)22-11-7-20(8-12-22)25(30)29(27)24-4-2-3-23(24)28-15-13-19(14-16-28)17-18-5-9-21(26)10-6-18/h5-12,19,23-24H,2-4,13-17H2,1H3/t23-,24+/m0/s1. The summed E-state index contributed by atoms with van der Waals surface area (Å²) in [4.78, 5) is 15.7. The van der Waals surface area contributed by atoms with Gasteiger partial charge in [0, 0.05) is 34.7 Å². The molecule has 2 aromatic rings. The first-order valence-electron chi connectivity index (χ1n) is 11.5. The van der Waals surface area contributed by atoms with Crippen LogP contribution in [-0.2, 0) is 16.3 Å². The number of rotatable bonds is 6. The first kappa shape index (κ1) is 24.5. The molecule has 1 heterocycles. The van der Waals surface area contributed by atoms with Crippen LogP contribution in [0, 0.1) is 5.92 Å². The third-order valence-electron chi connectivity index (χ3n) is 7.01. The average Bonchev–Trinajstić information content (AvgIpc) is 3.29. The Hall–Kier alpha value is -1.60. The van der Waals surface area contributed by atoms with Crippen molar-refractivity contribution in [2.75, 3.05) is 19.3 Å². The maximum atomic E-state index is 13.0. The van der Waals surface area contributed by atoms with Crippen molar-refractivity contribution in [3.05, 3.63) is 64.7 Å². The van der Waals surface area contributed by atoms with Crippen LogP contribution >= 0.6 is 23.4 Å². The lowest BCUT2D eigenvalue weighted by Crippen LogP contribution is -2.50. The minimum Gasteiger partial charge on any atom is -0.298 e. The van der Waals surface area contributed by atoms with Crippen molar-refractivity contribution >= 4 is 39.1 Å². The minimum atomic E-state index is -3.30. The molecule has 0 spiro atoms. The Morgan fingerprint density at radius 1 is 1.00 bits per heavy atom. The zero-order chi connectivity index (χ0) is 23.6. The lowest BCUT2D eigenvalue weighted by molar-refractivity contribution is 0.0684. The fourth-order valence-corrected chi connectivity index (χ4v) is 6.25. The first-order chi connectivity index (χ1) is 15.7. The highest BCUT2D eigenvalue weighted by Crippen LogP contribution is 2.34. The molecule has 1 saturated heterocycles. The van der Waals surface area contributed by atoms with E-state index >= 15 is 0 Å². The molecule has 4 rings (SSSR count). The van der Waals surface area contributed by atoms with Gasteiger partial charge in [0.05, 0.1) is 10.9 Å². The van der Waals surface area contributed by atoms with Crippen molar-refractivity contribution in [1.82, 2.24) is 9.32 Å². The number of likely N-dealkylation sites (tertiary alicyclic amines) is 1. The fourth-order valence-electron chi connectivity index (χ4n) is 5.17. The average molecular weight is 509 g/mol. The quantitative estimate of drug-likeness (QED) is 0.502. The van der Waals surface area contributed by atoms with E-state index in [-0.39, 0.29) is 22.9 Å². The normalized spacial score (nSPS) is 22.4. The van der Waals surface area contributed by atoms with E-state index in [4.69, 9.17) is 23.4 Å². The summed E-state index contributed by atoms with van der Waals surface area (Å²) in [5.74, 6) is 0.385. The van der Waals surface area contributed by atoms with E-state index in [0.29, 0.717) is 11.5 Å². The van der Waals surface area contributed by atoms with Gasteiger partial charge in [0.25, 0.3) is 5.91 Å². The number of hydrogen-bond donors (Lipinski definition) is 0. The molecular weight excluding hydrogens is 479 g/mol. The van der Waals surface area contributed by atoms with Crippen molar-refractivity contribution in [3.63, 3.8) is 0 Å². The van der Waals surface area contributed by atoms with E-state index in [1.807, 2.05) is 12.1 Å². The monoisotopic (exact) mass is 508 g/mol. The molecule has 1 aliphatic heterocycles. The van der Waals surface area contributed by atoms with Crippen molar-refractivity contribution < 1.29 is 13.2 Å². The molecule has 0 aromatic heterocycles. The molecule has 0 radical (unpaired) electrons. The van der Waals surface area contributed by atoms with Crippen LogP contribution in [0.1, 0.15) is 48.0 Å². The molecule has 5 nitrogen and oxygen atoms in total. The number of hydrogen-bond acceptors (Lipinski definition) is 4. The summed E-state index contributed by atoms with van der Waals surface area (Å²) >= 11 is 12.6. The number of carbonyl (C=O) groups is 1. The summed E-state index contributed by atoms with van der Waals surface area (Å²) < 4.78 is 24.7. The Morgan fingerprint density at radius 3 is 2.24 bits per heavy atom. The molecule has 1 aliphatic carbocycles. The predicted octanol–water partition coefficient (Wildman–Crippen LogP) is 5.22. The summed E-state index contributed by atoms with van der Waals surface area (Å²) in [5, 5.41) is 0.771. The van der Waals surface area contributed by atoms with Crippen molar-refractivity contribution in [1.29, 1.82) is 0 Å². The van der Waals surface area contributed by atoms with Crippen LogP contribution in [0.2, 0.25) is 5.02 Å². The van der Waals surface area contributed by atoms with Crippen LogP contribution in [0.25, 0.3) is 0 Å². The third-order valence-corrected chi connectivity index (χ3v) is 8.80. The predicted molar refractivity (Wildman–Crippen MR) is 132 cm³/mol. The van der Waals surface area contributed by atoms with Gasteiger partial charge in [0.1, 0.15) is 0 Å². The maximum absolute atomic E-state index is 13.0. The Bertz CT molecular complexity index is 1070. The van der Waals surface area contributed by atoms with E-state index < -0.39 is 9.84 Å². The number of halogens is 2. The van der Waals surface area contributed by atoms with Gasteiger partial charge in [0.15, 0.2) is 9.84 Å². The Labute approximate surface area is 206 Å². The van der Waals surface area contributed by atoms with E-state index in [1.54, 1.807) is 12.1 Å². The summed E-state index contributed by atoms with van der Waals surface area (Å²) in [7, 11) is -3.30. The van der Waals surface area contributed by atoms with Crippen molar-refractivity contribution in [3.8, 4) is 0 Å². The zero-order valence-electron chi connectivity index (χ0n) is 18.8. The highest BCUT2D eigenvalue weighted by molar-refractivity contribution is 7.90. The van der Waals surface area contributed by atoms with Crippen LogP contribution < -0.4 is 0 Å². The van der Waals surface area contributed by atoms with E-state index in [9.17, 15) is 13.2 Å². The first-order valence-corrected chi connectivity index (χ1v) is 14.1. The molecule has 178 valence electrons. The molecule has 0 unspecified atom stereocenters. The van der Waals surface area contributed by atoms with Crippen molar-refractivity contribution in [2.24, 2.45) is 5.92 Å². The van der Waals surface area contributed by atoms with Crippen LogP contribution in [0.4, 0.5) is 0 Å². The van der Waals surface area contributed by atoms with Gasteiger partial charge in [-0.05, 0) is 99.5 Å². The maximum Gasteiger partial charge on any atom is 0.268 e. The van der Waals surface area contributed by atoms with Gasteiger partial charge in [-0.25, -0.2) is 12.8 Å². The van der Waals surface area contributed by atoms with Crippen LogP contribution in [-0.4, -0.2) is 55.1 Å². The van der Waals surface area contributed by atoms with E-state index in [1.165, 1.54) is 22.1 Å². The van der Waals surface area contributed by atoms with Crippen LogP contribution in [0.15, 0.2) is 53.4 Å². The van der Waals surface area contributed by atoms with Gasteiger partial charge in [0.2, 0.25) is 0 Å². The topological polar surface area (TPSA) is 57.7 Å². The number of carbonyl (C=O) groups excluding carboxylic acids is 1. The second kappa shape index (κ2) is 10.3. The fraction of sp³-hybridized carbons (Fsp3) is 0.480. The van der Waals surface area contributed by atoms with E-state index in [0.717, 1.165) is 62.9 Å². The summed E-state index contributed by atoms with van der Waals surface area (Å²) in [6.45, 7) is 2.03. The van der Waals surface area contributed by atoms with Gasteiger partial charge in [-0.1, -0.05) is 23.7 Å².